The van der Waals surface area contributed by atoms with Crippen molar-refractivity contribution in [1.29, 1.82) is 0 Å². The van der Waals surface area contributed by atoms with Crippen molar-refractivity contribution in [1.82, 2.24) is 14.7 Å². The van der Waals surface area contributed by atoms with Crippen molar-refractivity contribution >= 4 is 28.9 Å². The van der Waals surface area contributed by atoms with Crippen LogP contribution in [0.3, 0.4) is 0 Å². The molecule has 0 N–H and O–H groups in total. The van der Waals surface area contributed by atoms with Crippen LogP contribution in [0, 0.1) is 6.92 Å². The number of morpholine rings is 1. The molecule has 0 aliphatic carbocycles. The number of para-hydroxylation sites is 1. The van der Waals surface area contributed by atoms with Gasteiger partial charge in [-0.05, 0) is 80.9 Å². The number of hydrogen-bond acceptors (Lipinski definition) is 6. The Kier molecular flexibility index (Phi) is 8.00. The molecule has 0 spiro atoms. The first-order chi connectivity index (χ1) is 18.4. The second-order valence-electron chi connectivity index (χ2n) is 9.87. The van der Waals surface area contributed by atoms with Crippen LogP contribution in [0.2, 0.25) is 0 Å². The number of benzene rings is 2. The third-order valence-corrected chi connectivity index (χ3v) is 7.60. The smallest absolute Gasteiger partial charge is 0.286 e. The van der Waals surface area contributed by atoms with E-state index in [4.69, 9.17) is 14.6 Å². The fourth-order valence-electron chi connectivity index (χ4n) is 4.72. The molecule has 2 unspecified atom stereocenters. The van der Waals surface area contributed by atoms with Crippen molar-refractivity contribution in [3.05, 3.63) is 70.8 Å². The van der Waals surface area contributed by atoms with E-state index in [2.05, 4.69) is 29.8 Å². The van der Waals surface area contributed by atoms with Crippen molar-refractivity contribution in [2.45, 2.75) is 52.7 Å². The summed E-state index contributed by atoms with van der Waals surface area (Å²) in [7, 11) is 0. The minimum Gasteiger partial charge on any atom is -0.493 e. The summed E-state index contributed by atoms with van der Waals surface area (Å²) in [5, 5.41) is 5.68. The maximum Gasteiger partial charge on any atom is 0.286 e. The Hall–Kier alpha value is -3.36. The molecule has 1 amide bonds. The number of hydrogen-bond donors (Lipinski definition) is 0. The van der Waals surface area contributed by atoms with E-state index in [1.165, 1.54) is 11.8 Å². The Bertz CT molecular complexity index is 1360. The summed E-state index contributed by atoms with van der Waals surface area (Å²) in [6, 6.07) is 16.1. The van der Waals surface area contributed by atoms with Crippen LogP contribution < -0.4 is 4.74 Å². The third kappa shape index (κ3) is 5.87. The van der Waals surface area contributed by atoms with E-state index in [0.29, 0.717) is 11.5 Å². The lowest BCUT2D eigenvalue weighted by Crippen LogP contribution is -2.47. The maximum absolute atomic E-state index is 13.0. The molecule has 38 heavy (non-hydrogen) atoms. The molecule has 2 atom stereocenters. The summed E-state index contributed by atoms with van der Waals surface area (Å²) in [6.07, 6.45) is 6.20. The number of carbonyl (C=O) groups excluding carboxylic acids is 1. The summed E-state index contributed by atoms with van der Waals surface area (Å²) in [5.74, 6) is 0.671. The second kappa shape index (κ2) is 11.6. The highest BCUT2D eigenvalue weighted by Gasteiger charge is 2.31. The molecule has 5 rings (SSSR count). The normalized spacial score (nSPS) is 20.7. The molecule has 1 saturated heterocycles. The van der Waals surface area contributed by atoms with E-state index in [1.54, 1.807) is 0 Å². The van der Waals surface area contributed by atoms with Gasteiger partial charge in [-0.3, -0.25) is 4.79 Å². The minimum atomic E-state index is -0.217. The van der Waals surface area contributed by atoms with Gasteiger partial charge in [-0.2, -0.15) is 10.1 Å². The van der Waals surface area contributed by atoms with Gasteiger partial charge in [0.1, 0.15) is 11.4 Å². The predicted octanol–water partition coefficient (Wildman–Crippen LogP) is 6.11. The zero-order valence-electron chi connectivity index (χ0n) is 22.4. The topological polar surface area (TPSA) is 68.9 Å². The fourth-order valence-corrected chi connectivity index (χ4v) is 5.65. The Morgan fingerprint density at radius 1 is 1.13 bits per heavy atom. The zero-order chi connectivity index (χ0) is 26.6. The SMILES string of the molecule is CCCCOc1ccc(-c2nn(-c3ccccc3)cc2/C=C2/SC(N3CC(C)OC(C)C3)=NC2=O)cc1C. The molecular formula is C30H34N4O3S. The van der Waals surface area contributed by atoms with Gasteiger partial charge < -0.3 is 14.4 Å². The molecule has 0 saturated carbocycles. The van der Waals surface area contributed by atoms with Crippen LogP contribution in [0.1, 0.15) is 44.7 Å². The fraction of sp³-hybridized carbons (Fsp3) is 0.367. The van der Waals surface area contributed by atoms with Crippen molar-refractivity contribution in [3.8, 4) is 22.7 Å². The van der Waals surface area contributed by atoms with Gasteiger partial charge in [0.05, 0.1) is 29.4 Å². The zero-order valence-corrected chi connectivity index (χ0v) is 23.2. The van der Waals surface area contributed by atoms with Gasteiger partial charge in [0.15, 0.2) is 5.17 Å². The van der Waals surface area contributed by atoms with Gasteiger partial charge in [-0.1, -0.05) is 31.5 Å². The lowest BCUT2D eigenvalue weighted by molar-refractivity contribution is -0.113. The van der Waals surface area contributed by atoms with Gasteiger partial charge in [0, 0.05) is 30.4 Å². The summed E-state index contributed by atoms with van der Waals surface area (Å²) in [4.78, 5) is 20.1. The van der Waals surface area contributed by atoms with E-state index in [1.807, 2.05) is 73.3 Å². The Morgan fingerprint density at radius 3 is 2.61 bits per heavy atom. The average Bonchev–Trinajstić information content (AvgIpc) is 3.49. The summed E-state index contributed by atoms with van der Waals surface area (Å²) in [6.45, 7) is 10.5. The second-order valence-corrected chi connectivity index (χ2v) is 10.9. The molecule has 8 heteroatoms. The molecule has 0 radical (unpaired) electrons. The number of aliphatic imine (C=N–C) groups is 1. The van der Waals surface area contributed by atoms with Crippen LogP contribution in [0.25, 0.3) is 23.0 Å². The number of ether oxygens (including phenoxy) is 2. The average molecular weight is 531 g/mol. The van der Waals surface area contributed by atoms with Gasteiger partial charge in [-0.25, -0.2) is 4.68 Å². The highest BCUT2D eigenvalue weighted by Crippen LogP contribution is 2.35. The van der Waals surface area contributed by atoms with E-state index in [-0.39, 0.29) is 18.1 Å². The maximum atomic E-state index is 13.0. The molecule has 7 nitrogen and oxygen atoms in total. The molecule has 198 valence electrons. The van der Waals surface area contributed by atoms with E-state index in [0.717, 1.165) is 64.9 Å². The van der Waals surface area contributed by atoms with Crippen molar-refractivity contribution in [3.63, 3.8) is 0 Å². The van der Waals surface area contributed by atoms with E-state index in [9.17, 15) is 4.79 Å². The van der Waals surface area contributed by atoms with Crippen LogP contribution >= 0.6 is 11.8 Å². The van der Waals surface area contributed by atoms with Crippen LogP contribution in [0.4, 0.5) is 0 Å². The Balaban J connectivity index is 1.47. The highest BCUT2D eigenvalue weighted by atomic mass is 32.2. The lowest BCUT2D eigenvalue weighted by atomic mass is 10.0. The number of unbranched alkanes of at least 4 members (excludes halogenated alkanes) is 1. The molecule has 1 aromatic heterocycles. The molecule has 3 aromatic rings. The summed E-state index contributed by atoms with van der Waals surface area (Å²) in [5.41, 5.74) is 4.65. The Labute approximate surface area is 228 Å². The first kappa shape index (κ1) is 26.3. The van der Waals surface area contributed by atoms with Crippen LogP contribution in [-0.2, 0) is 9.53 Å². The number of rotatable bonds is 7. The van der Waals surface area contributed by atoms with Gasteiger partial charge >= 0.3 is 0 Å². The quantitative estimate of drug-likeness (QED) is 0.271. The standard InChI is InChI=1S/C30H34N4O3S/c1-5-6-14-36-26-13-12-23(15-20(26)2)28-24(19-34(32-28)25-10-8-7-9-11-25)16-27-29(35)31-30(38-27)33-17-21(3)37-22(4)18-33/h7-13,15-16,19,21-22H,5-6,14,17-18H2,1-4H3/b27-16+. The molecule has 0 bridgehead atoms. The number of amides is 1. The number of thioether (sulfide) groups is 1. The summed E-state index contributed by atoms with van der Waals surface area (Å²) < 4.78 is 13.7. The number of aromatic nitrogens is 2. The number of aryl methyl sites for hydroxylation is 1. The van der Waals surface area contributed by atoms with Gasteiger partial charge in [0.25, 0.3) is 5.91 Å². The molecule has 1 fully saturated rings. The van der Waals surface area contributed by atoms with Crippen molar-refractivity contribution in [2.75, 3.05) is 19.7 Å². The predicted molar refractivity (Wildman–Crippen MR) is 154 cm³/mol. The highest BCUT2D eigenvalue weighted by molar-refractivity contribution is 8.18. The van der Waals surface area contributed by atoms with Crippen molar-refractivity contribution < 1.29 is 14.3 Å². The van der Waals surface area contributed by atoms with E-state index >= 15 is 0 Å². The lowest BCUT2D eigenvalue weighted by Gasteiger charge is -2.35. The first-order valence-electron chi connectivity index (χ1n) is 13.2. The molecule has 2 aromatic carbocycles. The van der Waals surface area contributed by atoms with Crippen LogP contribution in [0.5, 0.6) is 5.75 Å². The van der Waals surface area contributed by atoms with Crippen molar-refractivity contribution in [2.24, 2.45) is 4.99 Å². The number of nitrogens with zero attached hydrogens (tertiary/aromatic N) is 4. The van der Waals surface area contributed by atoms with Crippen LogP contribution in [-0.4, -0.2) is 57.7 Å². The van der Waals surface area contributed by atoms with Gasteiger partial charge in [0.2, 0.25) is 0 Å². The van der Waals surface area contributed by atoms with Crippen LogP contribution in [0.15, 0.2) is 64.6 Å². The minimum absolute atomic E-state index is 0.0954. The largest absolute Gasteiger partial charge is 0.493 e. The summed E-state index contributed by atoms with van der Waals surface area (Å²) >= 11 is 1.42. The molecule has 2 aliphatic rings. The molecule has 2 aliphatic heterocycles. The number of amidine groups is 1. The first-order valence-corrected chi connectivity index (χ1v) is 14.0. The van der Waals surface area contributed by atoms with E-state index < -0.39 is 0 Å². The molecular weight excluding hydrogens is 496 g/mol. The molecule has 3 heterocycles. The number of carbonyl (C=O) groups is 1. The Morgan fingerprint density at radius 2 is 1.89 bits per heavy atom. The monoisotopic (exact) mass is 530 g/mol. The third-order valence-electron chi connectivity index (χ3n) is 6.55. The van der Waals surface area contributed by atoms with Gasteiger partial charge in [-0.15, -0.1) is 0 Å².